The predicted molar refractivity (Wildman–Crippen MR) is 166 cm³/mol. The van der Waals surface area contributed by atoms with Crippen molar-refractivity contribution in [1.29, 1.82) is 0 Å². The lowest BCUT2D eigenvalue weighted by Crippen LogP contribution is -2.54. The van der Waals surface area contributed by atoms with E-state index in [0.717, 1.165) is 0 Å². The van der Waals surface area contributed by atoms with Gasteiger partial charge in [-0.3, -0.25) is 19.5 Å². The van der Waals surface area contributed by atoms with E-state index in [-0.39, 0.29) is 35.2 Å². The molecule has 45 heavy (non-hydrogen) atoms. The highest BCUT2D eigenvalue weighted by Crippen LogP contribution is 2.38. The first-order chi connectivity index (χ1) is 21.2. The number of amides is 1. The van der Waals surface area contributed by atoms with Gasteiger partial charge in [0.2, 0.25) is 5.91 Å². The zero-order chi connectivity index (χ0) is 32.7. The van der Waals surface area contributed by atoms with E-state index in [9.17, 15) is 18.8 Å². The van der Waals surface area contributed by atoms with Crippen molar-refractivity contribution in [3.63, 3.8) is 0 Å². The van der Waals surface area contributed by atoms with Crippen LogP contribution in [-0.4, -0.2) is 96.1 Å². The number of halogens is 2. The van der Waals surface area contributed by atoms with Gasteiger partial charge in [0.05, 0.1) is 35.8 Å². The summed E-state index contributed by atoms with van der Waals surface area (Å²) in [5, 5.41) is 5.44. The van der Waals surface area contributed by atoms with Crippen molar-refractivity contribution < 1.29 is 33.0 Å². The SMILES string of the molecule is COC(=O)C1=C(CN2CCO[C@H]3CN(CC(C)(C)C(=O)OC(C)(C)C)C(=O)[C@H]32)NC(c2nccs2)=N[C@H]1c1cccc(F)c1Cl. The number of aliphatic imine (C=N–C) groups is 1. The number of esters is 2. The maximum atomic E-state index is 14.6. The molecule has 0 unspecified atom stereocenters. The third-order valence-corrected chi connectivity index (χ3v) is 8.94. The number of aromatic nitrogens is 1. The summed E-state index contributed by atoms with van der Waals surface area (Å²) in [5.41, 5.74) is -0.764. The van der Waals surface area contributed by atoms with Crippen molar-refractivity contribution in [2.24, 2.45) is 10.4 Å². The summed E-state index contributed by atoms with van der Waals surface area (Å²) in [7, 11) is 1.26. The molecule has 5 rings (SSSR count). The number of hydrogen-bond acceptors (Lipinski definition) is 11. The first-order valence-electron chi connectivity index (χ1n) is 14.6. The molecule has 0 saturated carbocycles. The number of amidine groups is 1. The van der Waals surface area contributed by atoms with E-state index < -0.39 is 47.0 Å². The second-order valence-electron chi connectivity index (χ2n) is 12.8. The van der Waals surface area contributed by atoms with Crippen LogP contribution in [0.2, 0.25) is 5.02 Å². The molecule has 0 aliphatic carbocycles. The smallest absolute Gasteiger partial charge is 0.338 e. The van der Waals surface area contributed by atoms with Gasteiger partial charge in [-0.15, -0.1) is 11.3 Å². The molecule has 1 amide bonds. The Labute approximate surface area is 270 Å². The molecule has 3 atom stereocenters. The maximum absolute atomic E-state index is 14.6. The summed E-state index contributed by atoms with van der Waals surface area (Å²) >= 11 is 7.75. The Balaban J connectivity index is 1.47. The minimum Gasteiger partial charge on any atom is -0.466 e. The van der Waals surface area contributed by atoms with Crippen molar-refractivity contribution in [2.45, 2.75) is 58.4 Å². The number of carbonyl (C=O) groups is 3. The largest absolute Gasteiger partial charge is 0.466 e. The van der Waals surface area contributed by atoms with Crippen LogP contribution in [0, 0.1) is 11.2 Å². The molecule has 0 radical (unpaired) electrons. The van der Waals surface area contributed by atoms with Crippen molar-refractivity contribution in [3.05, 3.63) is 62.5 Å². The maximum Gasteiger partial charge on any atom is 0.338 e. The Kier molecular flexibility index (Phi) is 9.37. The summed E-state index contributed by atoms with van der Waals surface area (Å²) in [6, 6.07) is 2.68. The van der Waals surface area contributed by atoms with E-state index in [1.807, 2.05) is 4.90 Å². The van der Waals surface area contributed by atoms with E-state index in [2.05, 4.69) is 10.3 Å². The summed E-state index contributed by atoms with van der Waals surface area (Å²) in [6.45, 7) is 10.2. The van der Waals surface area contributed by atoms with Crippen molar-refractivity contribution in [3.8, 4) is 0 Å². The third kappa shape index (κ3) is 6.91. The molecule has 3 aliphatic rings. The number of nitrogens with one attached hydrogen (secondary N) is 1. The van der Waals surface area contributed by atoms with Crippen LogP contribution < -0.4 is 5.32 Å². The van der Waals surface area contributed by atoms with Crippen LogP contribution >= 0.6 is 22.9 Å². The number of methoxy groups -OCH3 is 1. The van der Waals surface area contributed by atoms with Gasteiger partial charge in [0.15, 0.2) is 10.8 Å². The lowest BCUT2D eigenvalue weighted by molar-refractivity contribution is -0.167. The fraction of sp³-hybridized carbons (Fsp3) is 0.516. The third-order valence-electron chi connectivity index (χ3n) is 7.76. The van der Waals surface area contributed by atoms with Gasteiger partial charge in [-0.2, -0.15) is 0 Å². The zero-order valence-corrected chi connectivity index (χ0v) is 27.6. The molecule has 4 heterocycles. The second kappa shape index (κ2) is 12.8. The Morgan fingerprint density at radius 1 is 1.24 bits per heavy atom. The molecule has 1 aromatic carbocycles. The summed E-state index contributed by atoms with van der Waals surface area (Å²) in [5.74, 6) is -1.53. The number of carbonyl (C=O) groups excluding carboxylic acids is 3. The molecule has 11 nitrogen and oxygen atoms in total. The number of nitrogens with zero attached hydrogens (tertiary/aromatic N) is 4. The summed E-state index contributed by atoms with van der Waals surface area (Å²) in [4.78, 5) is 52.9. The van der Waals surface area contributed by atoms with Crippen molar-refractivity contribution >= 4 is 46.6 Å². The molecule has 1 aromatic heterocycles. The monoisotopic (exact) mass is 661 g/mol. The minimum atomic E-state index is -1.00. The molecule has 2 saturated heterocycles. The van der Waals surface area contributed by atoms with Crippen LogP contribution in [0.25, 0.3) is 0 Å². The van der Waals surface area contributed by atoms with E-state index in [0.29, 0.717) is 36.2 Å². The van der Waals surface area contributed by atoms with Crippen molar-refractivity contribution in [1.82, 2.24) is 20.1 Å². The van der Waals surface area contributed by atoms with E-state index in [1.54, 1.807) is 57.2 Å². The van der Waals surface area contributed by atoms with Crippen LogP contribution in [0.1, 0.15) is 51.2 Å². The lowest BCUT2D eigenvalue weighted by atomic mass is 9.92. The molecule has 1 N–H and O–H groups in total. The summed E-state index contributed by atoms with van der Waals surface area (Å²) in [6.07, 6.45) is 1.18. The van der Waals surface area contributed by atoms with Crippen LogP contribution in [0.4, 0.5) is 4.39 Å². The Hall–Kier alpha value is -3.39. The van der Waals surface area contributed by atoms with Gasteiger partial charge in [-0.25, -0.2) is 14.2 Å². The Morgan fingerprint density at radius 2 is 2.00 bits per heavy atom. The number of morpholine rings is 1. The van der Waals surface area contributed by atoms with Gasteiger partial charge in [0.25, 0.3) is 0 Å². The van der Waals surface area contributed by atoms with Crippen LogP contribution in [0.5, 0.6) is 0 Å². The molecule has 14 heteroatoms. The standard InChI is InChI=1S/C31H37ClFN5O6S/c1-30(2,3)44-29(41)31(4,5)16-38-15-20-24(27(38)39)37(11-12-43-20)14-19-21(28(40)42-6)23(17-8-7-9-18(33)22(17)32)36-25(35-19)26-34-10-13-45-26/h7-10,13,20,23-24H,11-12,14-16H2,1-6H3,(H,35,36)/t20-,23-,24-/m0/s1. The molecule has 2 aromatic rings. The quantitative estimate of drug-likeness (QED) is 0.422. The van der Waals surface area contributed by atoms with Gasteiger partial charge in [-0.05, 0) is 40.7 Å². The van der Waals surface area contributed by atoms with E-state index >= 15 is 0 Å². The highest BCUT2D eigenvalue weighted by molar-refractivity contribution is 7.11. The van der Waals surface area contributed by atoms with Crippen LogP contribution in [-0.2, 0) is 28.6 Å². The van der Waals surface area contributed by atoms with Crippen molar-refractivity contribution in [2.75, 3.05) is 39.9 Å². The summed E-state index contributed by atoms with van der Waals surface area (Å²) < 4.78 is 31.4. The molecular weight excluding hydrogens is 625 g/mol. The number of hydrogen-bond donors (Lipinski definition) is 1. The highest BCUT2D eigenvalue weighted by Gasteiger charge is 2.49. The average molecular weight is 662 g/mol. The highest BCUT2D eigenvalue weighted by atomic mass is 35.5. The lowest BCUT2D eigenvalue weighted by Gasteiger charge is -2.37. The average Bonchev–Trinajstić information content (AvgIpc) is 3.62. The number of rotatable bonds is 8. The number of ether oxygens (including phenoxy) is 3. The van der Waals surface area contributed by atoms with Gasteiger partial charge in [-0.1, -0.05) is 23.7 Å². The van der Waals surface area contributed by atoms with Crippen LogP contribution in [0.3, 0.4) is 0 Å². The normalized spacial score (nSPS) is 22.6. The van der Waals surface area contributed by atoms with Gasteiger partial charge in [0.1, 0.15) is 23.5 Å². The molecule has 3 aliphatic heterocycles. The Bertz CT molecular complexity index is 1540. The first-order valence-corrected chi connectivity index (χ1v) is 15.8. The van der Waals surface area contributed by atoms with Gasteiger partial charge >= 0.3 is 11.9 Å². The molecule has 0 bridgehead atoms. The molecular formula is C31H37ClFN5O6S. The Morgan fingerprint density at radius 3 is 2.67 bits per heavy atom. The predicted octanol–water partition coefficient (Wildman–Crippen LogP) is 3.73. The fourth-order valence-corrected chi connectivity index (χ4v) is 6.52. The molecule has 242 valence electrons. The minimum absolute atomic E-state index is 0.123. The molecule has 2 fully saturated rings. The zero-order valence-electron chi connectivity index (χ0n) is 26.1. The van der Waals surface area contributed by atoms with Crippen LogP contribution in [0.15, 0.2) is 46.0 Å². The second-order valence-corrected chi connectivity index (χ2v) is 14.1. The van der Waals surface area contributed by atoms with E-state index in [4.69, 9.17) is 30.8 Å². The number of likely N-dealkylation sites (tertiary alicyclic amines) is 1. The topological polar surface area (TPSA) is 123 Å². The molecule has 0 spiro atoms. The number of thiazole rings is 1. The van der Waals surface area contributed by atoms with Gasteiger partial charge in [0, 0.05) is 49.0 Å². The van der Waals surface area contributed by atoms with Gasteiger partial charge < -0.3 is 24.4 Å². The first kappa shape index (κ1) is 33.0. The van der Waals surface area contributed by atoms with E-state index in [1.165, 1.54) is 30.6 Å². The number of benzene rings is 1. The fourth-order valence-electron chi connectivity index (χ4n) is 5.71. The number of fused-ring (bicyclic) bond motifs is 1.